The van der Waals surface area contributed by atoms with Crippen molar-refractivity contribution < 1.29 is 79.2 Å². The number of hydrogen-bond acceptors (Lipinski definition) is 15. The van der Waals surface area contributed by atoms with Gasteiger partial charge in [0.2, 0.25) is 0 Å². The number of ether oxygens (including phenoxy) is 6. The largest absolute Gasteiger partial charge is 0.463 e. The van der Waals surface area contributed by atoms with Gasteiger partial charge in [-0.2, -0.15) is 0 Å². The zero-order chi connectivity index (χ0) is 31.9. The van der Waals surface area contributed by atoms with E-state index in [2.05, 4.69) is 0 Å². The van der Waals surface area contributed by atoms with Gasteiger partial charge in [-0.15, -0.1) is 0 Å². The number of hydrogen-bond donors (Lipinski definition) is 9. The monoisotopic (exact) mass is 639 g/mol. The Morgan fingerprint density at radius 3 is 2.23 bits per heavy atom. The molecule has 2 aliphatic carbocycles. The molecule has 0 aromatic heterocycles. The predicted molar refractivity (Wildman–Crippen MR) is 143 cm³/mol. The quantitative estimate of drug-likeness (QED) is 0.0940. The number of carbonyl (C=O) groups is 1. The van der Waals surface area contributed by atoms with Crippen LogP contribution in [0.5, 0.6) is 0 Å². The molecule has 3 saturated heterocycles. The van der Waals surface area contributed by atoms with E-state index in [1.165, 1.54) is 6.92 Å². The number of rotatable bonds is 7. The van der Waals surface area contributed by atoms with Crippen LogP contribution in [0.3, 0.4) is 0 Å². The molecule has 5 rings (SSSR count). The van der Waals surface area contributed by atoms with Gasteiger partial charge in [-0.1, -0.05) is 0 Å². The molecular weight excluding hydrogens is 592 g/mol. The van der Waals surface area contributed by atoms with E-state index in [4.69, 9.17) is 28.4 Å². The molecule has 0 radical (unpaired) electrons. The molecule has 0 aromatic rings. The minimum absolute atomic E-state index is 0.161. The Hall–Kier alpha value is -1.09. The van der Waals surface area contributed by atoms with Crippen LogP contribution < -0.4 is 0 Å². The van der Waals surface area contributed by atoms with E-state index >= 15 is 0 Å². The molecule has 44 heavy (non-hydrogen) atoms. The number of carbonyl (C=O) groups excluding carboxylic acids is 1. The standard InChI is InChI=1S/C28H46O16/c1-10(29)39-9-20-22(36)23(37)26(44-27-24(38)21(35)17(34)8-40-27)28(43-20)42-19-7-13-15(32)5-12(30)6-18(13)41-25(19)11-2-3-14(31)16(33)4-11/h11-28,30-38H,2-9H2,1H3/p+1/t11?,12?,13?,14?,15?,16?,17-,18?,19?,20-,21+,22-,23+,24-,25?,26-,27+,28-/m1/s1. The van der Waals surface area contributed by atoms with Crippen LogP contribution in [-0.4, -0.2) is 168 Å². The van der Waals surface area contributed by atoms with Gasteiger partial charge in [0.15, 0.2) is 24.8 Å². The van der Waals surface area contributed by atoms with E-state index < -0.39 is 105 Å². The maximum absolute atomic E-state index is 11.5. The van der Waals surface area contributed by atoms with Crippen LogP contribution in [0.15, 0.2) is 0 Å². The Morgan fingerprint density at radius 2 is 1.52 bits per heavy atom. The molecule has 9 unspecified atom stereocenters. The van der Waals surface area contributed by atoms with Gasteiger partial charge in [-0.05, 0) is 25.7 Å². The molecular formula is C28H47O16+. The van der Waals surface area contributed by atoms with E-state index in [1.54, 1.807) is 0 Å². The Balaban J connectivity index is 1.41. The van der Waals surface area contributed by atoms with Crippen molar-refractivity contribution in [2.45, 2.75) is 143 Å². The molecule has 0 spiro atoms. The average molecular weight is 640 g/mol. The highest BCUT2D eigenvalue weighted by Gasteiger charge is 2.56. The lowest BCUT2D eigenvalue weighted by Crippen LogP contribution is -2.65. The van der Waals surface area contributed by atoms with E-state index in [0.29, 0.717) is 19.3 Å². The minimum atomic E-state index is -1.72. The second-order valence-electron chi connectivity index (χ2n) is 12.9. The Bertz CT molecular complexity index is 957. The van der Waals surface area contributed by atoms with Gasteiger partial charge in [0.25, 0.3) is 0 Å². The topological polar surface area (TPSA) is 258 Å². The number of aliphatic hydroxyl groups excluding tert-OH is 9. The molecule has 10 N–H and O–H groups in total. The van der Waals surface area contributed by atoms with Crippen LogP contribution in [0, 0.1) is 11.8 Å². The van der Waals surface area contributed by atoms with Gasteiger partial charge in [-0.3, -0.25) is 4.79 Å². The first-order valence-corrected chi connectivity index (χ1v) is 15.4. The summed E-state index contributed by atoms with van der Waals surface area (Å²) in [4.78, 5) is 11.5. The van der Waals surface area contributed by atoms with E-state index in [9.17, 15) is 50.8 Å². The summed E-state index contributed by atoms with van der Waals surface area (Å²) < 4.78 is 33.6. The third-order valence-corrected chi connectivity index (χ3v) is 9.72. The fraction of sp³-hybridized carbons (Fsp3) is 0.964. The minimum Gasteiger partial charge on any atom is -0.463 e. The summed E-state index contributed by atoms with van der Waals surface area (Å²) in [5.74, 6) is -1.28. The Morgan fingerprint density at radius 1 is 0.773 bits per heavy atom. The summed E-state index contributed by atoms with van der Waals surface area (Å²) in [5, 5.41) is 94.2. The molecule has 5 aliphatic rings. The molecule has 2 saturated carbocycles. The molecule has 3 heterocycles. The Kier molecular flexibility index (Phi) is 11.2. The summed E-state index contributed by atoms with van der Waals surface area (Å²) in [5.41, 5.74) is 0. The van der Waals surface area contributed by atoms with Crippen molar-refractivity contribution in [3.05, 3.63) is 0 Å². The summed E-state index contributed by atoms with van der Waals surface area (Å²) in [6.07, 6.45) is -17.3. The van der Waals surface area contributed by atoms with Crippen LogP contribution in [0.25, 0.3) is 0 Å². The van der Waals surface area contributed by atoms with Gasteiger partial charge in [0, 0.05) is 25.7 Å². The van der Waals surface area contributed by atoms with Crippen molar-refractivity contribution in [1.29, 1.82) is 0 Å². The summed E-state index contributed by atoms with van der Waals surface area (Å²) in [7, 11) is 0. The molecule has 254 valence electrons. The summed E-state index contributed by atoms with van der Waals surface area (Å²) in [6.45, 7) is 0.349. The van der Waals surface area contributed by atoms with Crippen LogP contribution in [0.2, 0.25) is 0 Å². The van der Waals surface area contributed by atoms with Crippen molar-refractivity contribution in [2.24, 2.45) is 11.8 Å². The summed E-state index contributed by atoms with van der Waals surface area (Å²) in [6, 6.07) is 0. The van der Waals surface area contributed by atoms with E-state index in [-0.39, 0.29) is 43.8 Å². The van der Waals surface area contributed by atoms with Crippen LogP contribution >= 0.6 is 0 Å². The van der Waals surface area contributed by atoms with Crippen LogP contribution in [-0.2, 0) is 28.5 Å². The zero-order valence-electron chi connectivity index (χ0n) is 24.5. The maximum Gasteiger partial charge on any atom is 0.302 e. The van der Waals surface area contributed by atoms with Gasteiger partial charge in [0.05, 0.1) is 36.9 Å². The zero-order valence-corrected chi connectivity index (χ0v) is 24.5. The van der Waals surface area contributed by atoms with Crippen LogP contribution in [0.4, 0.5) is 0 Å². The lowest BCUT2D eigenvalue weighted by Gasteiger charge is -2.49. The SMILES string of the molecule is CC(=O)OC[C@H]1O[C@@H](OC2CC3C(O)CC(O)CC3[OH+]C2C2CCC(O)C(O)C2)[C@H](O[C@@H]2OC[C@@H](O)[C@H](O)[C@H]2O)[C@@H](O)[C@@H]1O. The fourth-order valence-electron chi connectivity index (χ4n) is 7.23. The van der Waals surface area contributed by atoms with E-state index in [0.717, 1.165) is 0 Å². The van der Waals surface area contributed by atoms with Crippen molar-refractivity contribution >= 4 is 5.97 Å². The van der Waals surface area contributed by atoms with Crippen molar-refractivity contribution in [3.8, 4) is 0 Å². The van der Waals surface area contributed by atoms with Gasteiger partial charge in [0.1, 0.15) is 55.4 Å². The smallest absolute Gasteiger partial charge is 0.302 e. The summed E-state index contributed by atoms with van der Waals surface area (Å²) >= 11 is 0. The molecule has 3 aliphatic heterocycles. The first kappa shape index (κ1) is 34.3. The third-order valence-electron chi connectivity index (χ3n) is 9.72. The van der Waals surface area contributed by atoms with Crippen LogP contribution in [0.1, 0.15) is 45.4 Å². The molecule has 16 heteroatoms. The first-order valence-electron chi connectivity index (χ1n) is 15.4. The fourth-order valence-corrected chi connectivity index (χ4v) is 7.23. The highest BCUT2D eigenvalue weighted by atomic mass is 16.8. The van der Waals surface area contributed by atoms with Gasteiger partial charge in [-0.25, -0.2) is 0 Å². The van der Waals surface area contributed by atoms with E-state index in [1.807, 2.05) is 0 Å². The number of aliphatic hydroxyl groups is 11. The lowest BCUT2D eigenvalue weighted by atomic mass is 9.72. The Labute approximate surface area is 254 Å². The van der Waals surface area contributed by atoms with Gasteiger partial charge < -0.3 is 74.4 Å². The molecule has 16 nitrogen and oxygen atoms in total. The van der Waals surface area contributed by atoms with Gasteiger partial charge >= 0.3 is 5.97 Å². The highest BCUT2D eigenvalue weighted by Crippen LogP contribution is 2.42. The second-order valence-corrected chi connectivity index (χ2v) is 12.9. The molecule has 0 bridgehead atoms. The maximum atomic E-state index is 11.5. The normalized spacial score (nSPS) is 51.8. The predicted octanol–water partition coefficient (Wildman–Crippen LogP) is -4.47. The van der Waals surface area contributed by atoms with Crippen molar-refractivity contribution in [1.82, 2.24) is 0 Å². The number of esters is 1. The number of fused-ring (bicyclic) bond motifs is 1. The molecule has 0 amide bonds. The molecule has 5 fully saturated rings. The molecule has 0 aromatic carbocycles. The van der Waals surface area contributed by atoms with Crippen molar-refractivity contribution in [3.63, 3.8) is 0 Å². The third kappa shape index (κ3) is 7.39. The lowest BCUT2D eigenvalue weighted by molar-refractivity contribution is -0.381. The van der Waals surface area contributed by atoms with Crippen molar-refractivity contribution in [2.75, 3.05) is 13.2 Å². The molecule has 18 atom stereocenters. The highest BCUT2D eigenvalue weighted by molar-refractivity contribution is 5.65. The first-order chi connectivity index (χ1) is 20.8. The average Bonchev–Trinajstić information content (AvgIpc) is 2.97. The second kappa shape index (κ2) is 14.4.